The summed E-state index contributed by atoms with van der Waals surface area (Å²) in [4.78, 5) is 2.63. The van der Waals surface area contributed by atoms with Gasteiger partial charge in [0.1, 0.15) is 10.6 Å². The zero-order valence-corrected chi connectivity index (χ0v) is 14.8. The van der Waals surface area contributed by atoms with Crippen LogP contribution in [0.5, 0.6) is 5.75 Å². The van der Waals surface area contributed by atoms with Crippen molar-refractivity contribution in [3.05, 3.63) is 41.7 Å². The Morgan fingerprint density at radius 1 is 1.38 bits per heavy atom. The van der Waals surface area contributed by atoms with Crippen molar-refractivity contribution >= 4 is 9.84 Å². The van der Waals surface area contributed by atoms with Crippen molar-refractivity contribution in [1.82, 2.24) is 15.1 Å². The second kappa shape index (κ2) is 6.94. The molecule has 1 aromatic heterocycles. The van der Waals surface area contributed by atoms with Crippen molar-refractivity contribution in [2.45, 2.75) is 30.2 Å². The van der Waals surface area contributed by atoms with Gasteiger partial charge in [-0.1, -0.05) is 6.07 Å². The molecule has 0 aliphatic carbocycles. The van der Waals surface area contributed by atoms with E-state index in [4.69, 9.17) is 4.74 Å². The lowest BCUT2D eigenvalue weighted by Gasteiger charge is -2.32. The van der Waals surface area contributed by atoms with E-state index in [9.17, 15) is 8.42 Å². The van der Waals surface area contributed by atoms with E-state index in [1.54, 1.807) is 12.3 Å². The smallest absolute Gasteiger partial charge is 0.179 e. The highest BCUT2D eigenvalue weighted by Gasteiger charge is 2.23. The molecule has 1 fully saturated rings. The summed E-state index contributed by atoms with van der Waals surface area (Å²) in [6.07, 6.45) is 5.30. The van der Waals surface area contributed by atoms with Gasteiger partial charge in [0, 0.05) is 37.2 Å². The van der Waals surface area contributed by atoms with Crippen LogP contribution in [0.15, 0.2) is 35.4 Å². The molecule has 0 bridgehead atoms. The quantitative estimate of drug-likeness (QED) is 0.896. The van der Waals surface area contributed by atoms with Crippen molar-refractivity contribution in [1.29, 1.82) is 0 Å². The van der Waals surface area contributed by atoms with Gasteiger partial charge in [-0.05, 0) is 43.1 Å². The Labute approximate surface area is 142 Å². The Hall–Kier alpha value is -1.86. The number of likely N-dealkylation sites (tertiary alicyclic amines) is 1. The third-order valence-corrected chi connectivity index (χ3v) is 5.64. The molecule has 6 nitrogen and oxygen atoms in total. The van der Waals surface area contributed by atoms with Crippen molar-refractivity contribution in [3.8, 4) is 5.75 Å². The third-order valence-electron chi connectivity index (χ3n) is 4.50. The Morgan fingerprint density at radius 3 is 2.88 bits per heavy atom. The number of nitrogens with zero attached hydrogens (tertiary/aromatic N) is 2. The topological polar surface area (TPSA) is 75.3 Å². The molecule has 1 saturated heterocycles. The van der Waals surface area contributed by atoms with Crippen LogP contribution in [-0.2, 0) is 16.4 Å². The lowest BCUT2D eigenvalue weighted by Crippen LogP contribution is -2.34. The van der Waals surface area contributed by atoms with Gasteiger partial charge in [-0.3, -0.25) is 10.00 Å². The molecule has 0 saturated carbocycles. The standard InChI is InChI=1S/C17H23N3O3S/c1-23-16-10-13(5-6-17(16)24(2,21)22)11-20-9-3-4-14(12-20)15-7-8-18-19-15/h5-8,10,14H,3-4,9,11-12H2,1-2H3,(H,18,19). The van der Waals surface area contributed by atoms with E-state index >= 15 is 0 Å². The van der Waals surface area contributed by atoms with Crippen LogP contribution in [0.2, 0.25) is 0 Å². The summed E-state index contributed by atoms with van der Waals surface area (Å²) in [5.74, 6) is 0.885. The largest absolute Gasteiger partial charge is 0.495 e. The average molecular weight is 349 g/mol. The van der Waals surface area contributed by atoms with Crippen LogP contribution in [-0.4, -0.2) is 50.0 Å². The molecule has 1 aliphatic heterocycles. The molecule has 2 heterocycles. The molecule has 1 aliphatic rings. The third kappa shape index (κ3) is 3.79. The van der Waals surface area contributed by atoms with E-state index in [1.165, 1.54) is 19.1 Å². The fourth-order valence-electron chi connectivity index (χ4n) is 3.32. The Kier molecular flexibility index (Phi) is 4.91. The number of sulfone groups is 1. The Balaban J connectivity index is 1.74. The number of H-pyrrole nitrogens is 1. The molecule has 0 amide bonds. The van der Waals surface area contributed by atoms with Crippen LogP contribution in [0.1, 0.15) is 30.0 Å². The van der Waals surface area contributed by atoms with Crippen LogP contribution < -0.4 is 4.74 Å². The Morgan fingerprint density at radius 2 is 2.21 bits per heavy atom. The highest BCUT2D eigenvalue weighted by Crippen LogP contribution is 2.28. The molecule has 1 aromatic carbocycles. The van der Waals surface area contributed by atoms with Crippen molar-refractivity contribution in [2.75, 3.05) is 26.5 Å². The lowest BCUT2D eigenvalue weighted by atomic mass is 9.94. The maximum absolute atomic E-state index is 11.8. The van der Waals surface area contributed by atoms with Gasteiger partial charge in [0.05, 0.1) is 7.11 Å². The predicted molar refractivity (Wildman–Crippen MR) is 91.9 cm³/mol. The van der Waals surface area contributed by atoms with E-state index in [-0.39, 0.29) is 4.90 Å². The highest BCUT2D eigenvalue weighted by atomic mass is 32.2. The van der Waals surface area contributed by atoms with Crippen molar-refractivity contribution < 1.29 is 13.2 Å². The zero-order chi connectivity index (χ0) is 17.2. The summed E-state index contributed by atoms with van der Waals surface area (Å²) in [6, 6.07) is 7.38. The van der Waals surface area contributed by atoms with Gasteiger partial charge in [-0.2, -0.15) is 5.10 Å². The summed E-state index contributed by atoms with van der Waals surface area (Å²) in [6.45, 7) is 2.80. The lowest BCUT2D eigenvalue weighted by molar-refractivity contribution is 0.198. The number of nitrogens with one attached hydrogen (secondary N) is 1. The van der Waals surface area contributed by atoms with Gasteiger partial charge in [-0.25, -0.2) is 8.42 Å². The van der Waals surface area contributed by atoms with Gasteiger partial charge in [0.25, 0.3) is 0 Å². The molecule has 3 rings (SSSR count). The number of hydrogen-bond acceptors (Lipinski definition) is 5. The number of hydrogen-bond donors (Lipinski definition) is 1. The average Bonchev–Trinajstić information content (AvgIpc) is 3.08. The van der Waals surface area contributed by atoms with Gasteiger partial charge in [0.2, 0.25) is 0 Å². The summed E-state index contributed by atoms with van der Waals surface area (Å²) < 4.78 is 28.8. The fourth-order valence-corrected chi connectivity index (χ4v) is 4.14. The van der Waals surface area contributed by atoms with Crippen LogP contribution in [0.25, 0.3) is 0 Å². The fraction of sp³-hybridized carbons (Fsp3) is 0.471. The minimum atomic E-state index is -3.28. The zero-order valence-electron chi connectivity index (χ0n) is 14.0. The van der Waals surface area contributed by atoms with Crippen LogP contribution in [0.3, 0.4) is 0 Å². The first kappa shape index (κ1) is 17.0. The van der Waals surface area contributed by atoms with Crippen molar-refractivity contribution in [2.24, 2.45) is 0 Å². The van der Waals surface area contributed by atoms with Crippen LogP contribution in [0, 0.1) is 0 Å². The van der Waals surface area contributed by atoms with E-state index in [2.05, 4.69) is 15.1 Å². The SMILES string of the molecule is COc1cc(CN2CCCC(c3ccn[nH]3)C2)ccc1S(C)(=O)=O. The predicted octanol–water partition coefficient (Wildman–Crippen LogP) is 2.20. The molecule has 1 atom stereocenters. The molecule has 130 valence electrons. The molecule has 7 heteroatoms. The number of rotatable bonds is 5. The molecular weight excluding hydrogens is 326 g/mol. The second-order valence-corrected chi connectivity index (χ2v) is 8.33. The molecule has 2 aromatic rings. The van der Waals surface area contributed by atoms with Gasteiger partial charge >= 0.3 is 0 Å². The summed E-state index contributed by atoms with van der Waals surface area (Å²) in [5, 5.41) is 7.12. The first-order chi connectivity index (χ1) is 11.5. The first-order valence-electron chi connectivity index (χ1n) is 8.06. The van der Waals surface area contributed by atoms with E-state index in [0.717, 1.165) is 38.0 Å². The summed E-state index contributed by atoms with van der Waals surface area (Å²) >= 11 is 0. The normalized spacial score (nSPS) is 19.3. The van der Waals surface area contributed by atoms with Crippen LogP contribution >= 0.6 is 0 Å². The molecule has 24 heavy (non-hydrogen) atoms. The van der Waals surface area contributed by atoms with Crippen LogP contribution in [0.4, 0.5) is 0 Å². The number of methoxy groups -OCH3 is 1. The molecule has 1 N–H and O–H groups in total. The van der Waals surface area contributed by atoms with Gasteiger partial charge in [-0.15, -0.1) is 0 Å². The highest BCUT2D eigenvalue weighted by molar-refractivity contribution is 7.90. The number of aromatic nitrogens is 2. The minimum Gasteiger partial charge on any atom is -0.495 e. The summed E-state index contributed by atoms with van der Waals surface area (Å²) in [5.41, 5.74) is 2.24. The van der Waals surface area contributed by atoms with Crippen molar-refractivity contribution in [3.63, 3.8) is 0 Å². The first-order valence-corrected chi connectivity index (χ1v) is 9.95. The van der Waals surface area contributed by atoms with E-state index in [0.29, 0.717) is 11.7 Å². The minimum absolute atomic E-state index is 0.239. The molecule has 0 spiro atoms. The summed E-state index contributed by atoms with van der Waals surface area (Å²) in [7, 11) is -1.78. The maximum atomic E-state index is 11.8. The molecular formula is C17H23N3O3S. The number of ether oxygens (including phenoxy) is 1. The van der Waals surface area contributed by atoms with Gasteiger partial charge in [0.15, 0.2) is 9.84 Å². The number of aromatic amines is 1. The van der Waals surface area contributed by atoms with E-state index in [1.807, 2.05) is 18.2 Å². The van der Waals surface area contributed by atoms with E-state index < -0.39 is 9.84 Å². The Bertz CT molecular complexity index is 787. The van der Waals surface area contributed by atoms with Gasteiger partial charge < -0.3 is 4.74 Å². The number of piperidine rings is 1. The molecule has 1 unspecified atom stereocenters. The maximum Gasteiger partial charge on any atom is 0.179 e. The molecule has 0 radical (unpaired) electrons. The monoisotopic (exact) mass is 349 g/mol. The number of benzene rings is 1. The second-order valence-electron chi connectivity index (χ2n) is 6.34.